The number of hydrogen-bond acceptors (Lipinski definition) is 2. The van der Waals surface area contributed by atoms with E-state index in [1.807, 2.05) is 24.3 Å². The Morgan fingerprint density at radius 2 is 1.79 bits per heavy atom. The predicted octanol–water partition coefficient (Wildman–Crippen LogP) is 2.56. The van der Waals surface area contributed by atoms with Gasteiger partial charge >= 0.3 is 5.97 Å². The first kappa shape index (κ1) is 13.6. The van der Waals surface area contributed by atoms with Crippen LogP contribution in [0.3, 0.4) is 0 Å². The minimum absolute atomic E-state index is 0.0865. The Morgan fingerprint density at radius 1 is 1.26 bits per heavy atom. The average Bonchev–Trinajstić information content (AvgIpc) is 3.19. The van der Waals surface area contributed by atoms with Crippen molar-refractivity contribution < 1.29 is 14.7 Å². The summed E-state index contributed by atoms with van der Waals surface area (Å²) < 4.78 is 0. The third-order valence-electron chi connectivity index (χ3n) is 3.54. The maximum atomic E-state index is 11.5. The van der Waals surface area contributed by atoms with E-state index in [0.717, 1.165) is 18.4 Å². The summed E-state index contributed by atoms with van der Waals surface area (Å²) in [5.41, 5.74) is 1.83. The Balaban J connectivity index is 2.27. The van der Waals surface area contributed by atoms with Crippen LogP contribution >= 0.6 is 0 Å². The van der Waals surface area contributed by atoms with Gasteiger partial charge in [-0.1, -0.05) is 38.1 Å². The smallest absolute Gasteiger partial charge is 0.331 e. The highest BCUT2D eigenvalue weighted by molar-refractivity contribution is 5.78. The average molecular weight is 261 g/mol. The van der Waals surface area contributed by atoms with Crippen LogP contribution < -0.4 is 0 Å². The molecule has 4 heteroatoms. The van der Waals surface area contributed by atoms with Crippen LogP contribution in [0.25, 0.3) is 0 Å². The molecule has 2 rings (SSSR count). The molecule has 1 aromatic rings. The second-order valence-electron chi connectivity index (χ2n) is 5.35. The highest BCUT2D eigenvalue weighted by Crippen LogP contribution is 2.33. The molecule has 0 bridgehead atoms. The first-order chi connectivity index (χ1) is 9.04. The Hall–Kier alpha value is -1.84. The summed E-state index contributed by atoms with van der Waals surface area (Å²) in [5.74, 6) is -0.570. The summed E-state index contributed by atoms with van der Waals surface area (Å²) in [6.07, 6.45) is 2.45. The molecule has 1 unspecified atom stereocenters. The molecular formula is C15H19NO3. The number of carbonyl (C=O) groups excluding carboxylic acids is 1. The van der Waals surface area contributed by atoms with E-state index in [-0.39, 0.29) is 6.04 Å². The zero-order valence-corrected chi connectivity index (χ0v) is 11.2. The van der Waals surface area contributed by atoms with Gasteiger partial charge in [-0.05, 0) is 29.9 Å². The lowest BCUT2D eigenvalue weighted by Crippen LogP contribution is -2.34. The lowest BCUT2D eigenvalue weighted by Gasteiger charge is -2.25. The number of aliphatic carboxylic acids is 1. The summed E-state index contributed by atoms with van der Waals surface area (Å²) >= 11 is 0. The van der Waals surface area contributed by atoms with Gasteiger partial charge in [-0.2, -0.15) is 0 Å². The van der Waals surface area contributed by atoms with Crippen molar-refractivity contribution in [1.29, 1.82) is 0 Å². The van der Waals surface area contributed by atoms with Gasteiger partial charge < -0.3 is 10.0 Å². The van der Waals surface area contributed by atoms with Gasteiger partial charge in [-0.3, -0.25) is 4.79 Å². The number of benzene rings is 1. The first-order valence-electron chi connectivity index (χ1n) is 6.60. The predicted molar refractivity (Wildman–Crippen MR) is 71.8 cm³/mol. The van der Waals surface area contributed by atoms with Gasteiger partial charge in [0, 0.05) is 6.04 Å². The minimum Gasteiger partial charge on any atom is -0.479 e. The first-order valence-corrected chi connectivity index (χ1v) is 6.60. The minimum atomic E-state index is -0.976. The number of nitrogens with zero attached hydrogens (tertiary/aromatic N) is 1. The van der Waals surface area contributed by atoms with Crippen molar-refractivity contribution in [2.75, 3.05) is 0 Å². The lowest BCUT2D eigenvalue weighted by molar-refractivity contribution is -0.147. The van der Waals surface area contributed by atoms with E-state index in [2.05, 4.69) is 13.8 Å². The fraction of sp³-hybridized carbons (Fsp3) is 0.467. The van der Waals surface area contributed by atoms with Crippen LogP contribution in [-0.4, -0.2) is 28.4 Å². The molecular weight excluding hydrogens is 242 g/mol. The van der Waals surface area contributed by atoms with Gasteiger partial charge in [0.1, 0.15) is 0 Å². The van der Waals surface area contributed by atoms with Crippen LogP contribution in [0, 0.1) is 0 Å². The Kier molecular flexibility index (Phi) is 3.88. The SMILES string of the molecule is CC(C)c1ccc(C(C(=O)O)N(C=O)C2CC2)cc1. The molecule has 1 aliphatic rings. The van der Waals surface area contributed by atoms with Crippen molar-refractivity contribution >= 4 is 12.4 Å². The number of carboxylic acids is 1. The second-order valence-corrected chi connectivity index (χ2v) is 5.35. The third-order valence-corrected chi connectivity index (χ3v) is 3.54. The fourth-order valence-corrected chi connectivity index (χ4v) is 2.24. The molecule has 0 radical (unpaired) electrons. The molecule has 1 amide bonds. The molecule has 0 spiro atoms. The van der Waals surface area contributed by atoms with Crippen molar-refractivity contribution in [3.05, 3.63) is 35.4 Å². The van der Waals surface area contributed by atoms with E-state index >= 15 is 0 Å². The van der Waals surface area contributed by atoms with Gasteiger partial charge in [0.25, 0.3) is 0 Å². The van der Waals surface area contributed by atoms with E-state index < -0.39 is 12.0 Å². The Labute approximate surface area is 113 Å². The van der Waals surface area contributed by atoms with Gasteiger partial charge in [0.2, 0.25) is 6.41 Å². The molecule has 0 aromatic heterocycles. The van der Waals surface area contributed by atoms with Crippen LogP contribution in [-0.2, 0) is 9.59 Å². The normalized spacial score (nSPS) is 16.2. The molecule has 0 aliphatic heterocycles. The molecule has 1 saturated carbocycles. The molecule has 102 valence electrons. The standard InChI is InChI=1S/C15H19NO3/c1-10(2)11-3-5-12(6-4-11)14(15(18)19)16(9-17)13-7-8-13/h3-6,9-10,13-14H,7-8H2,1-2H3,(H,18,19). The zero-order valence-electron chi connectivity index (χ0n) is 11.2. The molecule has 1 N–H and O–H groups in total. The molecule has 1 aliphatic carbocycles. The summed E-state index contributed by atoms with van der Waals surface area (Å²) in [7, 11) is 0. The van der Waals surface area contributed by atoms with Crippen LogP contribution in [0.4, 0.5) is 0 Å². The number of rotatable bonds is 6. The van der Waals surface area contributed by atoms with Crippen molar-refractivity contribution in [2.45, 2.75) is 44.7 Å². The number of carbonyl (C=O) groups is 2. The number of hydrogen-bond donors (Lipinski definition) is 1. The Morgan fingerprint density at radius 3 is 2.16 bits per heavy atom. The van der Waals surface area contributed by atoms with E-state index in [0.29, 0.717) is 17.9 Å². The van der Waals surface area contributed by atoms with E-state index in [1.54, 1.807) is 0 Å². The summed E-state index contributed by atoms with van der Waals surface area (Å²) in [6.45, 7) is 4.18. The summed E-state index contributed by atoms with van der Waals surface area (Å²) in [5, 5.41) is 9.38. The van der Waals surface area contributed by atoms with Gasteiger partial charge in [0.05, 0.1) is 0 Å². The van der Waals surface area contributed by atoms with Crippen LogP contribution in [0.1, 0.15) is 49.8 Å². The van der Waals surface area contributed by atoms with Gasteiger partial charge in [-0.25, -0.2) is 4.79 Å². The van der Waals surface area contributed by atoms with E-state index in [9.17, 15) is 14.7 Å². The van der Waals surface area contributed by atoms with Gasteiger partial charge in [0.15, 0.2) is 6.04 Å². The molecule has 0 heterocycles. The number of carboxylic acid groups (broad SMARTS) is 1. The fourth-order valence-electron chi connectivity index (χ4n) is 2.24. The van der Waals surface area contributed by atoms with E-state index in [1.165, 1.54) is 4.90 Å². The second kappa shape index (κ2) is 5.43. The van der Waals surface area contributed by atoms with Gasteiger partial charge in [-0.15, -0.1) is 0 Å². The summed E-state index contributed by atoms with van der Waals surface area (Å²) in [6, 6.07) is 6.71. The summed E-state index contributed by atoms with van der Waals surface area (Å²) in [4.78, 5) is 24.0. The lowest BCUT2D eigenvalue weighted by atomic mass is 9.98. The maximum absolute atomic E-state index is 11.5. The van der Waals surface area contributed by atoms with Crippen LogP contribution in [0.15, 0.2) is 24.3 Å². The quantitative estimate of drug-likeness (QED) is 0.801. The maximum Gasteiger partial charge on any atom is 0.331 e. The molecule has 1 fully saturated rings. The molecule has 0 saturated heterocycles. The van der Waals surface area contributed by atoms with Crippen LogP contribution in [0.2, 0.25) is 0 Å². The molecule has 19 heavy (non-hydrogen) atoms. The van der Waals surface area contributed by atoms with E-state index in [4.69, 9.17) is 0 Å². The van der Waals surface area contributed by atoms with Crippen molar-refractivity contribution in [3.8, 4) is 0 Å². The monoisotopic (exact) mass is 261 g/mol. The largest absolute Gasteiger partial charge is 0.479 e. The van der Waals surface area contributed by atoms with Crippen molar-refractivity contribution in [2.24, 2.45) is 0 Å². The molecule has 1 aromatic carbocycles. The zero-order chi connectivity index (χ0) is 14.0. The Bertz CT molecular complexity index is 463. The van der Waals surface area contributed by atoms with Crippen LogP contribution in [0.5, 0.6) is 0 Å². The third kappa shape index (κ3) is 2.95. The topological polar surface area (TPSA) is 57.6 Å². The molecule has 4 nitrogen and oxygen atoms in total. The molecule has 1 atom stereocenters. The van der Waals surface area contributed by atoms with Crippen molar-refractivity contribution in [3.63, 3.8) is 0 Å². The highest BCUT2D eigenvalue weighted by atomic mass is 16.4. The highest BCUT2D eigenvalue weighted by Gasteiger charge is 2.37. The number of amides is 1. The van der Waals surface area contributed by atoms with Crippen molar-refractivity contribution in [1.82, 2.24) is 4.90 Å².